The number of hydrogen-bond acceptors (Lipinski definition) is 3. The predicted molar refractivity (Wildman–Crippen MR) is 94.7 cm³/mol. The summed E-state index contributed by atoms with van der Waals surface area (Å²) >= 11 is 7.67. The Bertz CT molecular complexity index is 781. The number of rotatable bonds is 4. The van der Waals surface area contributed by atoms with Crippen LogP contribution in [0.4, 0.5) is 0 Å². The van der Waals surface area contributed by atoms with Crippen molar-refractivity contribution in [1.82, 2.24) is 9.97 Å². The van der Waals surface area contributed by atoms with Crippen molar-refractivity contribution in [3.8, 4) is 22.0 Å². The average molecular weight is 329 g/mol. The number of alkyl halides is 1. The molecular weight excluding hydrogens is 312 g/mol. The first-order valence-electron chi connectivity index (χ1n) is 7.23. The molecule has 0 bridgehead atoms. The number of aromatic nitrogens is 2. The summed E-state index contributed by atoms with van der Waals surface area (Å²) in [5.41, 5.74) is 5.63. The molecule has 3 rings (SSSR count). The molecule has 3 aromatic rings. The van der Waals surface area contributed by atoms with E-state index in [2.05, 4.69) is 37.0 Å². The number of thiazole rings is 1. The van der Waals surface area contributed by atoms with Crippen molar-refractivity contribution < 1.29 is 0 Å². The minimum Gasteiger partial charge on any atom is -0.254 e. The normalized spacial score (nSPS) is 10.9. The highest BCUT2D eigenvalue weighted by molar-refractivity contribution is 7.15. The fourth-order valence-corrected chi connectivity index (χ4v) is 3.76. The van der Waals surface area contributed by atoms with Gasteiger partial charge in [0, 0.05) is 22.5 Å². The Balaban J connectivity index is 2.14. The number of nitrogens with zero attached hydrogens (tertiary/aromatic N) is 2. The second-order valence-corrected chi connectivity index (χ2v) is 6.72. The van der Waals surface area contributed by atoms with Gasteiger partial charge in [-0.3, -0.25) is 4.98 Å². The lowest BCUT2D eigenvalue weighted by atomic mass is 10.0. The summed E-state index contributed by atoms with van der Waals surface area (Å²) in [7, 11) is 0. The molecule has 0 fully saturated rings. The van der Waals surface area contributed by atoms with Gasteiger partial charge in [0.1, 0.15) is 5.01 Å². The zero-order chi connectivity index (χ0) is 15.5. The van der Waals surface area contributed by atoms with E-state index in [1.54, 1.807) is 17.5 Å². The Hall–Kier alpha value is -1.71. The lowest BCUT2D eigenvalue weighted by Gasteiger charge is -2.06. The van der Waals surface area contributed by atoms with Crippen LogP contribution in [0.15, 0.2) is 42.6 Å². The maximum Gasteiger partial charge on any atom is 0.142 e. The Morgan fingerprint density at radius 2 is 2.00 bits per heavy atom. The van der Waals surface area contributed by atoms with E-state index in [1.165, 1.54) is 21.6 Å². The van der Waals surface area contributed by atoms with E-state index in [9.17, 15) is 0 Å². The topological polar surface area (TPSA) is 25.8 Å². The van der Waals surface area contributed by atoms with Crippen LogP contribution in [0.2, 0.25) is 0 Å². The Morgan fingerprint density at radius 3 is 2.73 bits per heavy atom. The van der Waals surface area contributed by atoms with Gasteiger partial charge < -0.3 is 0 Å². The van der Waals surface area contributed by atoms with Gasteiger partial charge >= 0.3 is 0 Å². The first-order chi connectivity index (χ1) is 10.7. The van der Waals surface area contributed by atoms with Gasteiger partial charge in [-0.25, -0.2) is 4.98 Å². The van der Waals surface area contributed by atoms with Crippen LogP contribution < -0.4 is 0 Å². The van der Waals surface area contributed by atoms with Gasteiger partial charge in [0.2, 0.25) is 0 Å². The van der Waals surface area contributed by atoms with Crippen molar-refractivity contribution in [2.45, 2.75) is 20.3 Å². The SMILES string of the molecule is Cc1ccc(C)c(-c2nc(-c3ccccn3)sc2CCCl)c1. The smallest absolute Gasteiger partial charge is 0.142 e. The number of benzene rings is 1. The van der Waals surface area contributed by atoms with E-state index >= 15 is 0 Å². The van der Waals surface area contributed by atoms with Gasteiger partial charge in [0.25, 0.3) is 0 Å². The highest BCUT2D eigenvalue weighted by Gasteiger charge is 2.16. The van der Waals surface area contributed by atoms with E-state index in [0.717, 1.165) is 22.8 Å². The van der Waals surface area contributed by atoms with Gasteiger partial charge in [-0.1, -0.05) is 23.8 Å². The summed E-state index contributed by atoms with van der Waals surface area (Å²) in [6.45, 7) is 4.23. The van der Waals surface area contributed by atoms with Crippen molar-refractivity contribution in [3.63, 3.8) is 0 Å². The summed E-state index contributed by atoms with van der Waals surface area (Å²) in [5, 5.41) is 0.955. The monoisotopic (exact) mass is 328 g/mol. The Kier molecular flexibility index (Phi) is 4.55. The van der Waals surface area contributed by atoms with Crippen molar-refractivity contribution in [2.75, 3.05) is 5.88 Å². The van der Waals surface area contributed by atoms with Crippen LogP contribution in [0.3, 0.4) is 0 Å². The minimum atomic E-state index is 0.599. The first-order valence-corrected chi connectivity index (χ1v) is 8.59. The summed E-state index contributed by atoms with van der Waals surface area (Å²) in [6, 6.07) is 12.4. The van der Waals surface area contributed by atoms with E-state index in [1.807, 2.05) is 18.2 Å². The molecule has 22 heavy (non-hydrogen) atoms. The molecule has 0 spiro atoms. The molecule has 2 aromatic heterocycles. The summed E-state index contributed by atoms with van der Waals surface area (Å²) in [6.07, 6.45) is 2.63. The summed E-state index contributed by atoms with van der Waals surface area (Å²) < 4.78 is 0. The second-order valence-electron chi connectivity index (χ2n) is 5.26. The van der Waals surface area contributed by atoms with Crippen molar-refractivity contribution >= 4 is 22.9 Å². The van der Waals surface area contributed by atoms with Crippen LogP contribution in [-0.4, -0.2) is 15.8 Å². The molecule has 0 aliphatic carbocycles. The molecule has 2 nitrogen and oxygen atoms in total. The molecule has 1 aromatic carbocycles. The van der Waals surface area contributed by atoms with Crippen LogP contribution >= 0.6 is 22.9 Å². The second kappa shape index (κ2) is 6.59. The predicted octanol–water partition coefficient (Wildman–Crippen LogP) is 5.27. The zero-order valence-electron chi connectivity index (χ0n) is 12.6. The maximum absolute atomic E-state index is 5.99. The fourth-order valence-electron chi connectivity index (χ4n) is 2.41. The number of pyridine rings is 1. The average Bonchev–Trinajstić information content (AvgIpc) is 2.95. The molecular formula is C18H17ClN2S. The maximum atomic E-state index is 5.99. The molecule has 0 amide bonds. The third-order valence-corrected chi connectivity index (χ3v) is 4.88. The van der Waals surface area contributed by atoms with Crippen LogP contribution in [0.1, 0.15) is 16.0 Å². The largest absolute Gasteiger partial charge is 0.254 e. The van der Waals surface area contributed by atoms with Crippen LogP contribution in [0, 0.1) is 13.8 Å². The summed E-state index contributed by atoms with van der Waals surface area (Å²) in [4.78, 5) is 10.5. The molecule has 2 heterocycles. The minimum absolute atomic E-state index is 0.599. The quantitative estimate of drug-likeness (QED) is 0.610. The number of aryl methyl sites for hydroxylation is 3. The van der Waals surface area contributed by atoms with Gasteiger partial charge in [-0.2, -0.15) is 0 Å². The van der Waals surface area contributed by atoms with Crippen molar-refractivity contribution in [2.24, 2.45) is 0 Å². The van der Waals surface area contributed by atoms with Crippen molar-refractivity contribution in [3.05, 3.63) is 58.6 Å². The zero-order valence-corrected chi connectivity index (χ0v) is 14.2. The van der Waals surface area contributed by atoms with E-state index < -0.39 is 0 Å². The van der Waals surface area contributed by atoms with Gasteiger partial charge in [-0.15, -0.1) is 22.9 Å². The lowest BCUT2D eigenvalue weighted by molar-refractivity contribution is 1.17. The molecule has 0 N–H and O–H groups in total. The van der Waals surface area contributed by atoms with Gasteiger partial charge in [0.05, 0.1) is 11.4 Å². The standard InChI is InChI=1S/C18H17ClN2S/c1-12-6-7-13(2)14(11-12)17-16(8-9-19)22-18(21-17)15-5-3-4-10-20-15/h3-7,10-11H,8-9H2,1-2H3. The molecule has 0 radical (unpaired) electrons. The molecule has 4 heteroatoms. The first kappa shape index (κ1) is 15.2. The third-order valence-electron chi connectivity index (χ3n) is 3.55. The Morgan fingerprint density at radius 1 is 1.14 bits per heavy atom. The lowest BCUT2D eigenvalue weighted by Crippen LogP contribution is -1.91. The van der Waals surface area contributed by atoms with Gasteiger partial charge in [-0.05, 0) is 44.0 Å². The molecule has 0 aliphatic heterocycles. The fraction of sp³-hybridized carbons (Fsp3) is 0.222. The van der Waals surface area contributed by atoms with Crippen LogP contribution in [-0.2, 0) is 6.42 Å². The van der Waals surface area contributed by atoms with Crippen LogP contribution in [0.5, 0.6) is 0 Å². The molecule has 0 unspecified atom stereocenters. The highest BCUT2D eigenvalue weighted by atomic mass is 35.5. The van der Waals surface area contributed by atoms with Gasteiger partial charge in [0.15, 0.2) is 0 Å². The van der Waals surface area contributed by atoms with E-state index in [0.29, 0.717) is 5.88 Å². The van der Waals surface area contributed by atoms with E-state index in [4.69, 9.17) is 16.6 Å². The molecule has 0 saturated carbocycles. The molecule has 0 saturated heterocycles. The highest BCUT2D eigenvalue weighted by Crippen LogP contribution is 2.35. The molecule has 112 valence electrons. The number of hydrogen-bond donors (Lipinski definition) is 0. The Labute approximate surface area is 139 Å². The molecule has 0 aliphatic rings. The van der Waals surface area contributed by atoms with Crippen LogP contribution in [0.25, 0.3) is 22.0 Å². The summed E-state index contributed by atoms with van der Waals surface area (Å²) in [5.74, 6) is 0.599. The molecule has 0 atom stereocenters. The number of halogens is 1. The van der Waals surface area contributed by atoms with Crippen molar-refractivity contribution in [1.29, 1.82) is 0 Å². The van der Waals surface area contributed by atoms with E-state index in [-0.39, 0.29) is 0 Å². The third kappa shape index (κ3) is 3.06.